The first kappa shape index (κ1) is 19.0. The molecule has 0 saturated carbocycles. The lowest BCUT2D eigenvalue weighted by Gasteiger charge is -2.13. The van der Waals surface area contributed by atoms with Gasteiger partial charge in [-0.1, -0.05) is 23.2 Å². The van der Waals surface area contributed by atoms with E-state index >= 15 is 0 Å². The van der Waals surface area contributed by atoms with Crippen molar-refractivity contribution in [1.82, 2.24) is 5.32 Å². The van der Waals surface area contributed by atoms with Gasteiger partial charge in [0.1, 0.15) is 11.5 Å². The van der Waals surface area contributed by atoms with Crippen molar-refractivity contribution in [2.75, 3.05) is 12.4 Å². The summed E-state index contributed by atoms with van der Waals surface area (Å²) in [5.41, 5.74) is 0.343. The quantitative estimate of drug-likeness (QED) is 0.725. The smallest absolute Gasteiger partial charge is 0.454 e. The third-order valence-electron chi connectivity index (χ3n) is 2.76. The van der Waals surface area contributed by atoms with Crippen LogP contribution in [0.3, 0.4) is 0 Å². The molecule has 0 heterocycles. The highest BCUT2D eigenvalue weighted by molar-refractivity contribution is 6.37. The summed E-state index contributed by atoms with van der Waals surface area (Å²) >= 11 is 12.2. The predicted molar refractivity (Wildman–Crippen MR) is 87.7 cm³/mol. The first-order valence-corrected chi connectivity index (χ1v) is 7.45. The summed E-state index contributed by atoms with van der Waals surface area (Å²) in [4.78, 5) is 11.3. The maximum atomic E-state index is 12.1. The summed E-state index contributed by atoms with van der Waals surface area (Å²) in [6, 6.07) is 7.09. The van der Waals surface area contributed by atoms with Crippen molar-refractivity contribution in [2.45, 2.75) is 6.36 Å². The minimum atomic E-state index is -4.78. The van der Waals surface area contributed by atoms with Gasteiger partial charge in [-0.25, -0.2) is 4.79 Å². The zero-order chi connectivity index (χ0) is 18.6. The number of carbonyl (C=O) groups excluding carboxylic acids is 1. The van der Waals surface area contributed by atoms with Crippen LogP contribution in [0.25, 0.3) is 0 Å². The highest BCUT2D eigenvalue weighted by Gasteiger charge is 2.31. The van der Waals surface area contributed by atoms with Crippen LogP contribution < -0.4 is 20.1 Å². The van der Waals surface area contributed by atoms with Gasteiger partial charge in [-0.05, 0) is 36.4 Å². The van der Waals surface area contributed by atoms with Crippen molar-refractivity contribution in [3.63, 3.8) is 0 Å². The molecule has 2 rings (SSSR count). The van der Waals surface area contributed by atoms with Gasteiger partial charge >= 0.3 is 12.4 Å². The number of urea groups is 1. The molecule has 0 fully saturated rings. The number of alkyl halides is 3. The minimum absolute atomic E-state index is 0.0929. The van der Waals surface area contributed by atoms with Gasteiger partial charge in [-0.3, -0.25) is 0 Å². The van der Waals surface area contributed by atoms with Crippen molar-refractivity contribution < 1.29 is 27.4 Å². The topological polar surface area (TPSA) is 59.6 Å². The molecule has 5 nitrogen and oxygen atoms in total. The van der Waals surface area contributed by atoms with Gasteiger partial charge in [0.05, 0.1) is 10.0 Å². The monoisotopic (exact) mass is 394 g/mol. The molecule has 0 spiro atoms. The van der Waals surface area contributed by atoms with E-state index in [9.17, 15) is 18.0 Å². The van der Waals surface area contributed by atoms with E-state index in [1.165, 1.54) is 31.3 Å². The summed E-state index contributed by atoms with van der Waals surface area (Å²) in [5.74, 6) is -0.0946. The maximum absolute atomic E-state index is 12.1. The number of halogens is 5. The Morgan fingerprint density at radius 1 is 1.04 bits per heavy atom. The van der Waals surface area contributed by atoms with Crippen molar-refractivity contribution >= 4 is 34.9 Å². The Kier molecular flexibility index (Phi) is 5.86. The molecular formula is C15H11Cl2F3N2O3. The van der Waals surface area contributed by atoms with E-state index in [-0.39, 0.29) is 27.3 Å². The summed E-state index contributed by atoms with van der Waals surface area (Å²) in [6.45, 7) is 0. The van der Waals surface area contributed by atoms with E-state index in [2.05, 4.69) is 15.4 Å². The number of hydrogen-bond acceptors (Lipinski definition) is 3. The maximum Gasteiger partial charge on any atom is 0.573 e. The average Bonchev–Trinajstić information content (AvgIpc) is 2.51. The normalized spacial score (nSPS) is 11.0. The lowest BCUT2D eigenvalue weighted by molar-refractivity contribution is -0.274. The third kappa shape index (κ3) is 5.61. The molecule has 0 radical (unpaired) electrons. The summed E-state index contributed by atoms with van der Waals surface area (Å²) in [6.07, 6.45) is -4.78. The fraction of sp³-hybridized carbons (Fsp3) is 0.133. The molecule has 0 saturated heterocycles. The Bertz CT molecular complexity index is 745. The van der Waals surface area contributed by atoms with Crippen LogP contribution >= 0.6 is 23.2 Å². The Morgan fingerprint density at radius 3 is 2.04 bits per heavy atom. The van der Waals surface area contributed by atoms with E-state index in [1.54, 1.807) is 0 Å². The molecule has 0 aromatic heterocycles. The molecular weight excluding hydrogens is 384 g/mol. The molecule has 10 heteroatoms. The van der Waals surface area contributed by atoms with Gasteiger partial charge < -0.3 is 20.1 Å². The van der Waals surface area contributed by atoms with Gasteiger partial charge in [-0.2, -0.15) is 0 Å². The molecule has 0 atom stereocenters. The van der Waals surface area contributed by atoms with Gasteiger partial charge in [0.15, 0.2) is 5.75 Å². The van der Waals surface area contributed by atoms with Gasteiger partial charge in [0, 0.05) is 12.7 Å². The number of nitrogens with one attached hydrogen (secondary N) is 2. The van der Waals surface area contributed by atoms with Crippen LogP contribution in [0.5, 0.6) is 17.2 Å². The minimum Gasteiger partial charge on any atom is -0.454 e. The second kappa shape index (κ2) is 7.71. The molecule has 2 amide bonds. The SMILES string of the molecule is CNC(=O)Nc1cc(Cl)c(Oc2ccc(OC(F)(F)F)cc2)c(Cl)c1. The van der Waals surface area contributed by atoms with Crippen LogP contribution in [0, 0.1) is 0 Å². The molecule has 0 aliphatic rings. The van der Waals surface area contributed by atoms with E-state index in [1.807, 2.05) is 0 Å². The third-order valence-corrected chi connectivity index (χ3v) is 3.32. The molecule has 25 heavy (non-hydrogen) atoms. The van der Waals surface area contributed by atoms with E-state index in [0.29, 0.717) is 5.69 Å². The molecule has 0 aliphatic carbocycles. The van der Waals surface area contributed by atoms with E-state index < -0.39 is 12.4 Å². The summed E-state index contributed by atoms with van der Waals surface area (Å²) < 4.78 is 45.6. The number of anilines is 1. The van der Waals surface area contributed by atoms with Gasteiger partial charge in [0.2, 0.25) is 0 Å². The number of rotatable bonds is 4. The molecule has 0 bridgehead atoms. The van der Waals surface area contributed by atoms with Crippen LogP contribution in [0.2, 0.25) is 10.0 Å². The van der Waals surface area contributed by atoms with Crippen LogP contribution in [0.4, 0.5) is 23.7 Å². The van der Waals surface area contributed by atoms with E-state index in [0.717, 1.165) is 12.1 Å². The van der Waals surface area contributed by atoms with Crippen LogP contribution in [0.15, 0.2) is 36.4 Å². The highest BCUT2D eigenvalue weighted by atomic mass is 35.5. The van der Waals surface area contributed by atoms with Crippen LogP contribution in [-0.4, -0.2) is 19.4 Å². The second-order valence-electron chi connectivity index (χ2n) is 4.59. The highest BCUT2D eigenvalue weighted by Crippen LogP contribution is 2.39. The molecule has 0 unspecified atom stereocenters. The molecule has 134 valence electrons. The van der Waals surface area contributed by atoms with Crippen molar-refractivity contribution in [1.29, 1.82) is 0 Å². The van der Waals surface area contributed by atoms with Gasteiger partial charge in [0.25, 0.3) is 0 Å². The zero-order valence-corrected chi connectivity index (χ0v) is 14.1. The van der Waals surface area contributed by atoms with Crippen molar-refractivity contribution in [2.24, 2.45) is 0 Å². The fourth-order valence-electron chi connectivity index (χ4n) is 1.75. The number of amides is 2. The largest absolute Gasteiger partial charge is 0.573 e. The average molecular weight is 395 g/mol. The van der Waals surface area contributed by atoms with E-state index in [4.69, 9.17) is 27.9 Å². The Labute approximate surface area is 150 Å². The fourth-order valence-corrected chi connectivity index (χ4v) is 2.31. The predicted octanol–water partition coefficient (Wildman–Crippen LogP) is 5.44. The lowest BCUT2D eigenvalue weighted by atomic mass is 10.3. The Balaban J connectivity index is 2.16. The molecule has 2 N–H and O–H groups in total. The lowest BCUT2D eigenvalue weighted by Crippen LogP contribution is -2.24. The Morgan fingerprint density at radius 2 is 1.56 bits per heavy atom. The second-order valence-corrected chi connectivity index (χ2v) is 5.41. The number of carbonyl (C=O) groups is 1. The number of hydrogen-bond donors (Lipinski definition) is 2. The number of ether oxygens (including phenoxy) is 2. The van der Waals surface area contributed by atoms with Crippen molar-refractivity contribution in [3.05, 3.63) is 46.4 Å². The standard InChI is InChI=1S/C15H11Cl2F3N2O3/c1-21-14(23)22-8-6-11(16)13(12(17)7-8)24-9-2-4-10(5-3-9)25-15(18,19)20/h2-7H,1H3,(H2,21,22,23). The Hall–Kier alpha value is -2.32. The number of benzene rings is 2. The molecule has 2 aromatic rings. The van der Waals surface area contributed by atoms with Crippen molar-refractivity contribution in [3.8, 4) is 17.2 Å². The zero-order valence-electron chi connectivity index (χ0n) is 12.6. The summed E-state index contributed by atoms with van der Waals surface area (Å²) in [5, 5.41) is 5.08. The molecule has 0 aliphatic heterocycles. The van der Waals surface area contributed by atoms with Gasteiger partial charge in [-0.15, -0.1) is 13.2 Å². The molecule has 2 aromatic carbocycles. The van der Waals surface area contributed by atoms with Crippen LogP contribution in [0.1, 0.15) is 0 Å². The van der Waals surface area contributed by atoms with Crippen LogP contribution in [-0.2, 0) is 0 Å². The first-order valence-electron chi connectivity index (χ1n) is 6.69. The summed E-state index contributed by atoms with van der Waals surface area (Å²) in [7, 11) is 1.45. The first-order chi connectivity index (χ1) is 11.7.